The fraction of sp³-hybridized carbons (Fsp3) is 0.294. The van der Waals surface area contributed by atoms with E-state index in [4.69, 9.17) is 16.3 Å². The minimum absolute atomic E-state index is 0.0863. The van der Waals surface area contributed by atoms with Crippen LogP contribution in [0.2, 0.25) is 5.02 Å². The van der Waals surface area contributed by atoms with Gasteiger partial charge < -0.3 is 15.0 Å². The standard InChI is InChI=1S/C17H19ClN2O3/c1-3-12(23-15-7-5-4-6-14(15)18)10-19-16(21)13-9-8-11(2)20-17(13)22/h4-9,12H,3,10H2,1-2H3,(H,19,21)(H,20,22). The Morgan fingerprint density at radius 2 is 2.04 bits per heavy atom. The first kappa shape index (κ1) is 17.1. The lowest BCUT2D eigenvalue weighted by atomic mass is 10.2. The number of carbonyl (C=O) groups excluding carboxylic acids is 1. The number of para-hydroxylation sites is 1. The van der Waals surface area contributed by atoms with Crippen LogP contribution in [0.4, 0.5) is 0 Å². The summed E-state index contributed by atoms with van der Waals surface area (Å²) in [6, 6.07) is 10.4. The Morgan fingerprint density at radius 3 is 2.70 bits per heavy atom. The van der Waals surface area contributed by atoms with E-state index in [1.54, 1.807) is 25.1 Å². The number of aryl methyl sites for hydroxylation is 1. The van der Waals surface area contributed by atoms with Gasteiger partial charge in [-0.25, -0.2) is 0 Å². The van der Waals surface area contributed by atoms with Crippen LogP contribution in [-0.2, 0) is 0 Å². The van der Waals surface area contributed by atoms with E-state index in [0.717, 1.165) is 0 Å². The van der Waals surface area contributed by atoms with Crippen LogP contribution in [0, 0.1) is 6.92 Å². The molecule has 0 aliphatic rings. The summed E-state index contributed by atoms with van der Waals surface area (Å²) in [5.74, 6) is 0.149. The van der Waals surface area contributed by atoms with Crippen molar-refractivity contribution in [3.8, 4) is 5.75 Å². The van der Waals surface area contributed by atoms with Crippen molar-refractivity contribution in [2.24, 2.45) is 0 Å². The van der Waals surface area contributed by atoms with E-state index < -0.39 is 11.5 Å². The predicted octanol–water partition coefficient (Wildman–Crippen LogP) is 2.92. The summed E-state index contributed by atoms with van der Waals surface area (Å²) in [7, 11) is 0. The Labute approximate surface area is 139 Å². The number of rotatable bonds is 6. The Morgan fingerprint density at radius 1 is 1.30 bits per heavy atom. The van der Waals surface area contributed by atoms with Crippen LogP contribution in [0.3, 0.4) is 0 Å². The summed E-state index contributed by atoms with van der Waals surface area (Å²) >= 11 is 6.06. The molecular weight excluding hydrogens is 316 g/mol. The largest absolute Gasteiger partial charge is 0.487 e. The number of pyridine rings is 1. The Hall–Kier alpha value is -2.27. The average Bonchev–Trinajstić information content (AvgIpc) is 2.52. The number of hydrogen-bond donors (Lipinski definition) is 2. The van der Waals surface area contributed by atoms with Gasteiger partial charge in [0.2, 0.25) is 0 Å². The van der Waals surface area contributed by atoms with Crippen molar-refractivity contribution in [3.05, 3.63) is 63.0 Å². The summed E-state index contributed by atoms with van der Waals surface area (Å²) in [4.78, 5) is 26.5. The molecule has 1 aromatic heterocycles. The number of carbonyl (C=O) groups is 1. The molecule has 0 aliphatic heterocycles. The predicted molar refractivity (Wildman–Crippen MR) is 90.3 cm³/mol. The Kier molecular flexibility index (Phi) is 5.82. The van der Waals surface area contributed by atoms with Crippen molar-refractivity contribution in [2.75, 3.05) is 6.54 Å². The lowest BCUT2D eigenvalue weighted by Gasteiger charge is -2.18. The number of H-pyrrole nitrogens is 1. The second-order valence-electron chi connectivity index (χ2n) is 5.17. The maximum Gasteiger partial charge on any atom is 0.260 e. The molecule has 6 heteroatoms. The fourth-order valence-electron chi connectivity index (χ4n) is 2.04. The number of aromatic amines is 1. The lowest BCUT2D eigenvalue weighted by Crippen LogP contribution is -2.37. The van der Waals surface area contributed by atoms with E-state index in [0.29, 0.717) is 22.9 Å². The van der Waals surface area contributed by atoms with Crippen LogP contribution in [-0.4, -0.2) is 23.5 Å². The van der Waals surface area contributed by atoms with Gasteiger partial charge in [0.25, 0.3) is 11.5 Å². The van der Waals surface area contributed by atoms with Crippen molar-refractivity contribution in [1.29, 1.82) is 0 Å². The maximum absolute atomic E-state index is 12.1. The SMILES string of the molecule is CCC(CNC(=O)c1ccc(C)[nH]c1=O)Oc1ccccc1Cl. The van der Waals surface area contributed by atoms with Crippen molar-refractivity contribution < 1.29 is 9.53 Å². The molecule has 0 bridgehead atoms. The number of ether oxygens (including phenoxy) is 1. The highest BCUT2D eigenvalue weighted by atomic mass is 35.5. The number of amides is 1. The van der Waals surface area contributed by atoms with Gasteiger partial charge in [-0.2, -0.15) is 0 Å². The summed E-state index contributed by atoms with van der Waals surface area (Å²) < 4.78 is 5.80. The summed E-state index contributed by atoms with van der Waals surface area (Å²) in [6.07, 6.45) is 0.457. The zero-order valence-electron chi connectivity index (χ0n) is 13.1. The highest BCUT2D eigenvalue weighted by Gasteiger charge is 2.14. The second-order valence-corrected chi connectivity index (χ2v) is 5.58. The van der Waals surface area contributed by atoms with Crippen LogP contribution in [0.15, 0.2) is 41.2 Å². The molecule has 5 nitrogen and oxygen atoms in total. The monoisotopic (exact) mass is 334 g/mol. The zero-order chi connectivity index (χ0) is 16.8. The van der Waals surface area contributed by atoms with Gasteiger partial charge in [-0.1, -0.05) is 30.7 Å². The van der Waals surface area contributed by atoms with Crippen LogP contribution in [0.25, 0.3) is 0 Å². The van der Waals surface area contributed by atoms with Gasteiger partial charge in [0, 0.05) is 5.69 Å². The molecule has 0 saturated heterocycles. The van der Waals surface area contributed by atoms with E-state index >= 15 is 0 Å². The molecular formula is C17H19ClN2O3. The van der Waals surface area contributed by atoms with Gasteiger partial charge >= 0.3 is 0 Å². The summed E-state index contributed by atoms with van der Waals surface area (Å²) in [5.41, 5.74) is 0.394. The highest BCUT2D eigenvalue weighted by molar-refractivity contribution is 6.32. The van der Waals surface area contributed by atoms with E-state index in [-0.39, 0.29) is 18.2 Å². The average molecular weight is 335 g/mol. The first-order valence-corrected chi connectivity index (χ1v) is 7.78. The number of aromatic nitrogens is 1. The third-order valence-corrected chi connectivity index (χ3v) is 3.69. The molecule has 1 amide bonds. The van der Waals surface area contributed by atoms with Crippen LogP contribution >= 0.6 is 11.6 Å². The highest BCUT2D eigenvalue weighted by Crippen LogP contribution is 2.24. The first-order chi connectivity index (χ1) is 11.0. The Bertz CT molecular complexity index is 743. The number of halogens is 1. The lowest BCUT2D eigenvalue weighted by molar-refractivity contribution is 0.0924. The first-order valence-electron chi connectivity index (χ1n) is 7.40. The van der Waals surface area contributed by atoms with Crippen LogP contribution < -0.4 is 15.6 Å². The molecule has 1 heterocycles. The molecule has 2 aromatic rings. The minimum Gasteiger partial charge on any atom is -0.487 e. The topological polar surface area (TPSA) is 71.2 Å². The van der Waals surface area contributed by atoms with E-state index in [1.807, 2.05) is 19.1 Å². The molecule has 1 unspecified atom stereocenters. The quantitative estimate of drug-likeness (QED) is 0.853. The molecule has 2 rings (SSSR count). The molecule has 2 N–H and O–H groups in total. The molecule has 23 heavy (non-hydrogen) atoms. The second kappa shape index (κ2) is 7.83. The van der Waals surface area contributed by atoms with E-state index in [2.05, 4.69) is 10.3 Å². The van der Waals surface area contributed by atoms with E-state index in [9.17, 15) is 9.59 Å². The molecule has 1 aromatic carbocycles. The molecule has 122 valence electrons. The van der Waals surface area contributed by atoms with Gasteiger partial charge in [0.15, 0.2) is 0 Å². The van der Waals surface area contributed by atoms with Gasteiger partial charge in [-0.05, 0) is 37.6 Å². The normalized spacial score (nSPS) is 11.8. The molecule has 0 radical (unpaired) electrons. The maximum atomic E-state index is 12.1. The van der Waals surface area contributed by atoms with Gasteiger partial charge in [0.05, 0.1) is 11.6 Å². The molecule has 0 saturated carbocycles. The molecule has 0 aliphatic carbocycles. The van der Waals surface area contributed by atoms with Crippen molar-refractivity contribution in [1.82, 2.24) is 10.3 Å². The van der Waals surface area contributed by atoms with Crippen molar-refractivity contribution in [3.63, 3.8) is 0 Å². The smallest absolute Gasteiger partial charge is 0.260 e. The van der Waals surface area contributed by atoms with Crippen LogP contribution in [0.1, 0.15) is 29.4 Å². The molecule has 1 atom stereocenters. The van der Waals surface area contributed by atoms with Gasteiger partial charge in [-0.3, -0.25) is 9.59 Å². The van der Waals surface area contributed by atoms with Gasteiger partial charge in [0.1, 0.15) is 17.4 Å². The van der Waals surface area contributed by atoms with Crippen LogP contribution in [0.5, 0.6) is 5.75 Å². The van der Waals surface area contributed by atoms with Crippen molar-refractivity contribution in [2.45, 2.75) is 26.4 Å². The molecule has 0 spiro atoms. The summed E-state index contributed by atoms with van der Waals surface area (Å²) in [5, 5.41) is 3.24. The minimum atomic E-state index is -0.424. The number of nitrogens with one attached hydrogen (secondary N) is 2. The van der Waals surface area contributed by atoms with Crippen molar-refractivity contribution >= 4 is 17.5 Å². The Balaban J connectivity index is 1.99. The zero-order valence-corrected chi connectivity index (χ0v) is 13.8. The number of hydrogen-bond acceptors (Lipinski definition) is 3. The van der Waals surface area contributed by atoms with Gasteiger partial charge in [-0.15, -0.1) is 0 Å². The van der Waals surface area contributed by atoms with E-state index in [1.165, 1.54) is 6.07 Å². The third kappa shape index (κ3) is 4.60. The number of benzene rings is 1. The molecule has 0 fully saturated rings. The summed E-state index contributed by atoms with van der Waals surface area (Å²) in [6.45, 7) is 3.99. The third-order valence-electron chi connectivity index (χ3n) is 3.38. The fourth-order valence-corrected chi connectivity index (χ4v) is 2.22.